The molecule has 0 bridgehead atoms. The van der Waals surface area contributed by atoms with E-state index in [0.717, 1.165) is 36.4 Å². The number of carbonyl (C=O) groups is 2. The molecule has 1 amide bonds. The Morgan fingerprint density at radius 2 is 1.79 bits per heavy atom. The molecule has 2 aliphatic heterocycles. The molecule has 146 valence electrons. The minimum Gasteiger partial charge on any atom is -0.378 e. The van der Waals surface area contributed by atoms with Crippen molar-refractivity contribution in [3.05, 3.63) is 59.4 Å². The van der Waals surface area contributed by atoms with Crippen LogP contribution in [0.3, 0.4) is 0 Å². The lowest BCUT2D eigenvalue weighted by molar-refractivity contribution is -0.118. The van der Waals surface area contributed by atoms with Gasteiger partial charge in [0.15, 0.2) is 5.78 Å². The second-order valence-electron chi connectivity index (χ2n) is 7.11. The molecule has 4 rings (SSSR count). The van der Waals surface area contributed by atoms with Crippen molar-refractivity contribution in [2.75, 3.05) is 42.6 Å². The summed E-state index contributed by atoms with van der Waals surface area (Å²) in [5.41, 5.74) is 3.20. The van der Waals surface area contributed by atoms with Crippen LogP contribution in [-0.2, 0) is 16.0 Å². The Labute approximate surface area is 163 Å². The van der Waals surface area contributed by atoms with Gasteiger partial charge in [-0.1, -0.05) is 18.2 Å². The van der Waals surface area contributed by atoms with Crippen LogP contribution in [0.1, 0.15) is 28.8 Å². The molecule has 1 saturated heterocycles. The maximum atomic E-state index is 13.8. The molecule has 2 heterocycles. The number of ketones is 1. The predicted octanol–water partition coefficient (Wildman–Crippen LogP) is 3.21. The van der Waals surface area contributed by atoms with Crippen molar-refractivity contribution >= 4 is 23.1 Å². The highest BCUT2D eigenvalue weighted by molar-refractivity contribution is 6.01. The van der Waals surface area contributed by atoms with E-state index < -0.39 is 5.82 Å². The number of hydrogen-bond acceptors (Lipinski definition) is 4. The van der Waals surface area contributed by atoms with E-state index in [1.54, 1.807) is 17.0 Å². The molecule has 1 fully saturated rings. The monoisotopic (exact) mass is 382 g/mol. The fraction of sp³-hybridized carbons (Fsp3) is 0.364. The first kappa shape index (κ1) is 18.6. The van der Waals surface area contributed by atoms with Crippen molar-refractivity contribution in [2.45, 2.75) is 19.3 Å². The normalized spacial score (nSPS) is 16.2. The molecular formula is C22H23FN2O3. The largest absolute Gasteiger partial charge is 0.378 e. The number of ether oxygens (including phenoxy) is 1. The Hall–Kier alpha value is -2.73. The van der Waals surface area contributed by atoms with E-state index >= 15 is 0 Å². The van der Waals surface area contributed by atoms with Gasteiger partial charge in [0.05, 0.1) is 18.8 Å². The van der Waals surface area contributed by atoms with Crippen molar-refractivity contribution in [1.82, 2.24) is 0 Å². The fourth-order valence-corrected chi connectivity index (χ4v) is 3.82. The zero-order valence-electron chi connectivity index (χ0n) is 15.7. The van der Waals surface area contributed by atoms with Crippen molar-refractivity contribution < 1.29 is 18.7 Å². The number of rotatable bonds is 5. The molecule has 0 aliphatic carbocycles. The number of carbonyl (C=O) groups excluding carboxylic acids is 2. The Bertz CT molecular complexity index is 893. The smallest absolute Gasteiger partial charge is 0.227 e. The lowest BCUT2D eigenvalue weighted by Gasteiger charge is -2.29. The van der Waals surface area contributed by atoms with Gasteiger partial charge in [0.2, 0.25) is 5.91 Å². The summed E-state index contributed by atoms with van der Waals surface area (Å²) in [5, 5.41) is 0. The lowest BCUT2D eigenvalue weighted by Crippen LogP contribution is -2.36. The topological polar surface area (TPSA) is 49.9 Å². The van der Waals surface area contributed by atoms with Gasteiger partial charge in [-0.25, -0.2) is 4.39 Å². The quantitative estimate of drug-likeness (QED) is 0.745. The molecule has 6 heteroatoms. The van der Waals surface area contributed by atoms with Gasteiger partial charge in [-0.15, -0.1) is 0 Å². The number of benzene rings is 2. The first-order valence-electron chi connectivity index (χ1n) is 9.67. The molecule has 0 spiro atoms. The molecular weight excluding hydrogens is 359 g/mol. The molecule has 0 saturated carbocycles. The van der Waals surface area contributed by atoms with E-state index in [1.165, 1.54) is 12.1 Å². The summed E-state index contributed by atoms with van der Waals surface area (Å²) in [6.45, 7) is 3.71. The van der Waals surface area contributed by atoms with Crippen molar-refractivity contribution in [3.63, 3.8) is 0 Å². The molecule has 2 aromatic rings. The van der Waals surface area contributed by atoms with E-state index in [9.17, 15) is 14.0 Å². The Morgan fingerprint density at radius 1 is 1.00 bits per heavy atom. The third-order valence-electron chi connectivity index (χ3n) is 5.38. The van der Waals surface area contributed by atoms with Crippen LogP contribution in [0.15, 0.2) is 42.5 Å². The van der Waals surface area contributed by atoms with Crippen molar-refractivity contribution in [1.29, 1.82) is 0 Å². The number of hydrogen-bond donors (Lipinski definition) is 0. The van der Waals surface area contributed by atoms with E-state index in [0.29, 0.717) is 19.8 Å². The summed E-state index contributed by atoms with van der Waals surface area (Å²) in [5.74, 6) is -0.975. The molecule has 0 unspecified atom stereocenters. The number of nitrogens with zero attached hydrogens (tertiary/aromatic N) is 2. The maximum Gasteiger partial charge on any atom is 0.227 e. The highest BCUT2D eigenvalue weighted by atomic mass is 19.1. The van der Waals surface area contributed by atoms with Gasteiger partial charge < -0.3 is 14.5 Å². The summed E-state index contributed by atoms with van der Waals surface area (Å²) in [6, 6.07) is 12.1. The van der Waals surface area contributed by atoms with Crippen LogP contribution in [0.5, 0.6) is 0 Å². The van der Waals surface area contributed by atoms with Crippen LogP contribution < -0.4 is 9.80 Å². The van der Waals surface area contributed by atoms with E-state index in [-0.39, 0.29) is 30.1 Å². The van der Waals surface area contributed by atoms with Gasteiger partial charge in [0.25, 0.3) is 0 Å². The third kappa shape index (κ3) is 3.78. The van der Waals surface area contributed by atoms with E-state index in [2.05, 4.69) is 23.1 Å². The van der Waals surface area contributed by atoms with Gasteiger partial charge in [0, 0.05) is 43.9 Å². The Balaban J connectivity index is 1.44. The third-order valence-corrected chi connectivity index (χ3v) is 5.38. The Morgan fingerprint density at radius 3 is 2.57 bits per heavy atom. The van der Waals surface area contributed by atoms with Crippen molar-refractivity contribution in [3.8, 4) is 0 Å². The number of halogens is 1. The summed E-state index contributed by atoms with van der Waals surface area (Å²) >= 11 is 0. The van der Waals surface area contributed by atoms with E-state index in [1.807, 2.05) is 0 Å². The number of Topliss-reactive ketones (excluding diaryl/α,β-unsaturated/α-hetero) is 1. The van der Waals surface area contributed by atoms with Crippen LogP contribution >= 0.6 is 0 Å². The lowest BCUT2D eigenvalue weighted by atomic mass is 10.1. The van der Waals surface area contributed by atoms with Crippen molar-refractivity contribution in [2.24, 2.45) is 0 Å². The first-order valence-corrected chi connectivity index (χ1v) is 9.67. The molecule has 5 nitrogen and oxygen atoms in total. The van der Waals surface area contributed by atoms with Gasteiger partial charge >= 0.3 is 0 Å². The second kappa shape index (κ2) is 8.10. The van der Waals surface area contributed by atoms with Gasteiger partial charge in [-0.05, 0) is 36.2 Å². The van der Waals surface area contributed by atoms with E-state index in [4.69, 9.17) is 4.74 Å². The molecule has 2 aromatic carbocycles. The molecule has 2 aliphatic rings. The summed E-state index contributed by atoms with van der Waals surface area (Å²) in [6.07, 6.45) is 0.898. The number of morpholine rings is 1. The number of fused-ring (bicyclic) bond motifs is 1. The Kier molecular flexibility index (Phi) is 5.39. The molecule has 0 aromatic heterocycles. The zero-order valence-corrected chi connectivity index (χ0v) is 15.7. The van der Waals surface area contributed by atoms with Gasteiger partial charge in [-0.2, -0.15) is 0 Å². The zero-order chi connectivity index (χ0) is 19.5. The maximum absolute atomic E-state index is 13.8. The summed E-state index contributed by atoms with van der Waals surface area (Å²) < 4.78 is 19.2. The minimum absolute atomic E-state index is 0.00869. The second-order valence-corrected chi connectivity index (χ2v) is 7.11. The van der Waals surface area contributed by atoms with Gasteiger partial charge in [0.1, 0.15) is 5.82 Å². The fourth-order valence-electron chi connectivity index (χ4n) is 3.82. The minimum atomic E-state index is -0.540. The van der Waals surface area contributed by atoms with Crippen LogP contribution in [0.2, 0.25) is 0 Å². The highest BCUT2D eigenvalue weighted by Gasteiger charge is 2.26. The van der Waals surface area contributed by atoms with Crippen LogP contribution in [-0.4, -0.2) is 44.5 Å². The SMILES string of the molecule is O=C(CCC(=O)N1CCc2ccc(N3CCOCC3)cc21)c1ccccc1F. The van der Waals surface area contributed by atoms with Crippen LogP contribution in [0.25, 0.3) is 0 Å². The molecule has 0 radical (unpaired) electrons. The summed E-state index contributed by atoms with van der Waals surface area (Å²) in [4.78, 5) is 29.0. The number of amides is 1. The molecule has 0 N–H and O–H groups in total. The average molecular weight is 382 g/mol. The average Bonchev–Trinajstić information content (AvgIpc) is 3.16. The summed E-state index contributed by atoms with van der Waals surface area (Å²) in [7, 11) is 0. The van der Waals surface area contributed by atoms with Crippen LogP contribution in [0, 0.1) is 5.82 Å². The highest BCUT2D eigenvalue weighted by Crippen LogP contribution is 2.33. The van der Waals surface area contributed by atoms with Gasteiger partial charge in [-0.3, -0.25) is 9.59 Å². The van der Waals surface area contributed by atoms with Crippen LogP contribution in [0.4, 0.5) is 15.8 Å². The first-order chi connectivity index (χ1) is 13.6. The molecule has 28 heavy (non-hydrogen) atoms. The molecule has 0 atom stereocenters. The number of anilines is 2. The predicted molar refractivity (Wildman–Crippen MR) is 105 cm³/mol. The standard InChI is InChI=1S/C22H23FN2O3/c23-19-4-2-1-3-18(19)21(26)7-8-22(27)25-10-9-16-5-6-17(15-20(16)25)24-11-13-28-14-12-24/h1-6,15H,7-14H2.